The number of allylic oxidation sites excluding steroid dienone is 1. The van der Waals surface area contributed by atoms with Gasteiger partial charge in [0.05, 0.1) is 17.1 Å². The summed E-state index contributed by atoms with van der Waals surface area (Å²) in [6.45, 7) is 5.81. The number of aromatic nitrogens is 3. The Balaban J connectivity index is 1.71. The molecule has 0 saturated carbocycles. The van der Waals surface area contributed by atoms with Crippen LogP contribution < -0.4 is 5.32 Å². The van der Waals surface area contributed by atoms with Crippen molar-refractivity contribution in [2.75, 3.05) is 11.9 Å². The molecule has 1 aliphatic rings. The molecular weight excluding hydrogens is 442 g/mol. The average Bonchev–Trinajstić information content (AvgIpc) is 3.20. The molecule has 0 amide bonds. The Hall–Kier alpha value is -3.66. The first-order valence-electron chi connectivity index (χ1n) is 10.4. The summed E-state index contributed by atoms with van der Waals surface area (Å²) in [5.41, 5.74) is 4.02. The molecular formula is C23H23N5O4S. The number of ether oxygens (including phenoxy) is 1. The van der Waals surface area contributed by atoms with Gasteiger partial charge in [0.1, 0.15) is 6.04 Å². The number of anilines is 1. The number of nitrogens with zero attached hydrogens (tertiary/aromatic N) is 4. The van der Waals surface area contributed by atoms with Crippen LogP contribution in [-0.4, -0.2) is 32.3 Å². The number of esters is 1. The van der Waals surface area contributed by atoms with Gasteiger partial charge in [-0.3, -0.25) is 10.1 Å². The van der Waals surface area contributed by atoms with Gasteiger partial charge in [-0.25, -0.2) is 9.48 Å². The number of nitro benzene ring substituents is 1. The number of non-ortho nitro benzene ring substituents is 1. The summed E-state index contributed by atoms with van der Waals surface area (Å²) in [7, 11) is 0. The minimum atomic E-state index is -0.624. The third-order valence-electron chi connectivity index (χ3n) is 5.37. The van der Waals surface area contributed by atoms with E-state index in [0.717, 1.165) is 0 Å². The Morgan fingerprint density at radius 2 is 1.94 bits per heavy atom. The molecule has 1 N–H and O–H groups in total. The fraction of sp³-hybridized carbons (Fsp3) is 0.261. The fourth-order valence-corrected chi connectivity index (χ4v) is 4.57. The summed E-state index contributed by atoms with van der Waals surface area (Å²) in [4.78, 5) is 28.1. The molecule has 0 unspecified atom stereocenters. The van der Waals surface area contributed by atoms with E-state index >= 15 is 0 Å². The van der Waals surface area contributed by atoms with E-state index in [1.54, 1.807) is 30.7 Å². The molecule has 2 aromatic carbocycles. The van der Waals surface area contributed by atoms with Crippen LogP contribution in [0.3, 0.4) is 0 Å². The predicted molar refractivity (Wildman–Crippen MR) is 125 cm³/mol. The number of rotatable bonds is 7. The van der Waals surface area contributed by atoms with Crippen LogP contribution in [0, 0.1) is 17.0 Å². The quantitative estimate of drug-likeness (QED) is 0.232. The molecule has 1 atom stereocenters. The average molecular weight is 466 g/mol. The second-order valence-electron chi connectivity index (χ2n) is 7.51. The lowest BCUT2D eigenvalue weighted by Crippen LogP contribution is -2.29. The van der Waals surface area contributed by atoms with E-state index in [2.05, 4.69) is 34.5 Å². The van der Waals surface area contributed by atoms with Crippen LogP contribution in [0.5, 0.6) is 0 Å². The van der Waals surface area contributed by atoms with E-state index in [1.807, 2.05) is 12.1 Å². The predicted octanol–water partition coefficient (Wildman–Crippen LogP) is 4.64. The molecule has 0 saturated heterocycles. The van der Waals surface area contributed by atoms with E-state index in [9.17, 15) is 14.9 Å². The molecule has 0 radical (unpaired) electrons. The van der Waals surface area contributed by atoms with Gasteiger partial charge in [0.2, 0.25) is 11.1 Å². The fourth-order valence-electron chi connectivity index (χ4n) is 3.67. The Bertz CT molecular complexity index is 1240. The standard InChI is InChI=1S/C23H23N5O4S/c1-4-32-21(29)19-15(3)24-22-25-23(33-13-17-8-6-5-7-14(17)2)26-27(22)20(19)16-9-11-18(12-10-16)28(30)31/h5-12,20H,4,13H2,1-3H3,(H,24,25,26)/t20-/m1/s1. The molecule has 10 heteroatoms. The van der Waals surface area contributed by atoms with E-state index in [1.165, 1.54) is 35.0 Å². The smallest absolute Gasteiger partial charge is 0.338 e. The number of nitro groups is 1. The van der Waals surface area contributed by atoms with Crippen molar-refractivity contribution in [1.82, 2.24) is 14.8 Å². The Kier molecular flexibility index (Phi) is 6.45. The highest BCUT2D eigenvalue weighted by atomic mass is 32.2. The number of nitrogens with one attached hydrogen (secondary N) is 1. The van der Waals surface area contributed by atoms with Gasteiger partial charge in [-0.1, -0.05) is 36.0 Å². The van der Waals surface area contributed by atoms with Crippen molar-refractivity contribution < 1.29 is 14.5 Å². The van der Waals surface area contributed by atoms with Gasteiger partial charge in [-0.2, -0.15) is 4.98 Å². The number of aryl methyl sites for hydroxylation is 1. The van der Waals surface area contributed by atoms with Crippen molar-refractivity contribution in [3.63, 3.8) is 0 Å². The third kappa shape index (κ3) is 4.61. The van der Waals surface area contributed by atoms with Gasteiger partial charge in [-0.15, -0.1) is 5.10 Å². The number of hydrogen-bond acceptors (Lipinski definition) is 8. The van der Waals surface area contributed by atoms with Crippen molar-refractivity contribution in [1.29, 1.82) is 0 Å². The number of benzene rings is 2. The highest BCUT2D eigenvalue weighted by Gasteiger charge is 2.35. The maximum atomic E-state index is 12.8. The number of thioether (sulfide) groups is 1. The van der Waals surface area contributed by atoms with Crippen LogP contribution in [0.4, 0.5) is 11.6 Å². The highest BCUT2D eigenvalue weighted by molar-refractivity contribution is 7.98. The van der Waals surface area contributed by atoms with Gasteiger partial charge < -0.3 is 10.1 Å². The van der Waals surface area contributed by atoms with Crippen molar-refractivity contribution in [3.05, 3.63) is 86.6 Å². The largest absolute Gasteiger partial charge is 0.463 e. The Labute approximate surface area is 195 Å². The maximum Gasteiger partial charge on any atom is 0.338 e. The van der Waals surface area contributed by atoms with Crippen LogP contribution in [0.25, 0.3) is 0 Å². The zero-order valence-electron chi connectivity index (χ0n) is 18.4. The summed E-state index contributed by atoms with van der Waals surface area (Å²) in [6, 6.07) is 13.6. The van der Waals surface area contributed by atoms with Crippen molar-refractivity contribution in [2.45, 2.75) is 37.7 Å². The maximum absolute atomic E-state index is 12.8. The third-order valence-corrected chi connectivity index (χ3v) is 6.25. The number of carbonyl (C=O) groups is 1. The molecule has 0 fully saturated rings. The monoisotopic (exact) mass is 465 g/mol. The number of fused-ring (bicyclic) bond motifs is 1. The normalized spacial score (nSPS) is 15.1. The topological polar surface area (TPSA) is 112 Å². The van der Waals surface area contributed by atoms with Crippen LogP contribution in [-0.2, 0) is 15.3 Å². The van der Waals surface area contributed by atoms with Crippen molar-refractivity contribution in [2.24, 2.45) is 0 Å². The summed E-state index contributed by atoms with van der Waals surface area (Å²) in [5, 5.41) is 19.5. The van der Waals surface area contributed by atoms with E-state index < -0.39 is 16.9 Å². The minimum Gasteiger partial charge on any atom is -0.463 e. The van der Waals surface area contributed by atoms with E-state index in [0.29, 0.717) is 33.7 Å². The molecule has 0 aliphatic carbocycles. The first-order valence-corrected chi connectivity index (χ1v) is 11.4. The number of carbonyl (C=O) groups excluding carboxylic acids is 1. The van der Waals surface area contributed by atoms with Gasteiger partial charge in [0, 0.05) is 23.6 Å². The molecule has 170 valence electrons. The van der Waals surface area contributed by atoms with E-state index in [-0.39, 0.29) is 12.3 Å². The Morgan fingerprint density at radius 3 is 2.61 bits per heavy atom. The van der Waals surface area contributed by atoms with Gasteiger partial charge in [0.15, 0.2) is 0 Å². The van der Waals surface area contributed by atoms with Crippen LogP contribution >= 0.6 is 11.8 Å². The Morgan fingerprint density at radius 1 is 1.21 bits per heavy atom. The van der Waals surface area contributed by atoms with Crippen LogP contribution in [0.1, 0.15) is 36.6 Å². The first-order chi connectivity index (χ1) is 15.9. The molecule has 2 heterocycles. The molecule has 0 bridgehead atoms. The molecule has 33 heavy (non-hydrogen) atoms. The molecule has 4 rings (SSSR count). The lowest BCUT2D eigenvalue weighted by molar-refractivity contribution is -0.384. The van der Waals surface area contributed by atoms with Gasteiger partial charge in [-0.05, 0) is 49.6 Å². The summed E-state index contributed by atoms with van der Waals surface area (Å²) < 4.78 is 6.93. The molecule has 1 aromatic heterocycles. The molecule has 9 nitrogen and oxygen atoms in total. The molecule has 0 spiro atoms. The van der Waals surface area contributed by atoms with Crippen molar-refractivity contribution >= 4 is 29.4 Å². The zero-order chi connectivity index (χ0) is 23.5. The summed E-state index contributed by atoms with van der Waals surface area (Å²) in [6.07, 6.45) is 0. The van der Waals surface area contributed by atoms with E-state index in [4.69, 9.17) is 4.74 Å². The zero-order valence-corrected chi connectivity index (χ0v) is 19.3. The minimum absolute atomic E-state index is 0.0284. The lowest BCUT2D eigenvalue weighted by Gasteiger charge is -2.28. The first kappa shape index (κ1) is 22.5. The van der Waals surface area contributed by atoms with Crippen LogP contribution in [0.15, 0.2) is 65.0 Å². The molecule has 1 aliphatic heterocycles. The van der Waals surface area contributed by atoms with Crippen molar-refractivity contribution in [3.8, 4) is 0 Å². The lowest BCUT2D eigenvalue weighted by atomic mass is 9.95. The van der Waals surface area contributed by atoms with Gasteiger partial charge >= 0.3 is 5.97 Å². The van der Waals surface area contributed by atoms with Crippen LogP contribution in [0.2, 0.25) is 0 Å². The molecule has 3 aromatic rings. The highest BCUT2D eigenvalue weighted by Crippen LogP contribution is 2.37. The number of hydrogen-bond donors (Lipinski definition) is 1. The summed E-state index contributed by atoms with van der Waals surface area (Å²) in [5.74, 6) is 0.729. The second-order valence-corrected chi connectivity index (χ2v) is 8.46. The SMILES string of the molecule is CCOC(=O)C1=C(C)Nc2nc(SCc3ccccc3C)nn2[C@@H]1c1ccc([N+](=O)[O-])cc1. The second kappa shape index (κ2) is 9.45. The van der Waals surface area contributed by atoms with Gasteiger partial charge in [0.25, 0.3) is 5.69 Å². The summed E-state index contributed by atoms with van der Waals surface area (Å²) >= 11 is 1.50.